The monoisotopic (exact) mass is 209 g/mol. The molecule has 15 heavy (non-hydrogen) atoms. The minimum absolute atomic E-state index is 0.153. The Labute approximate surface area is 88.1 Å². The molecule has 2 rings (SSSR count). The van der Waals surface area contributed by atoms with Crippen LogP contribution in [0, 0.1) is 0 Å². The molecule has 2 aliphatic rings. The Morgan fingerprint density at radius 2 is 1.87 bits per heavy atom. The van der Waals surface area contributed by atoms with Gasteiger partial charge in [0.25, 0.3) is 5.91 Å². The molecule has 3 N–H and O–H groups in total. The van der Waals surface area contributed by atoms with Gasteiger partial charge in [0.1, 0.15) is 12.3 Å². The predicted molar refractivity (Wildman–Crippen MR) is 55.2 cm³/mol. The van der Waals surface area contributed by atoms with E-state index < -0.39 is 5.54 Å². The van der Waals surface area contributed by atoms with Crippen LogP contribution in [0.4, 0.5) is 0 Å². The third-order valence-electron chi connectivity index (χ3n) is 3.02. The first-order valence-corrected chi connectivity index (χ1v) is 5.31. The van der Waals surface area contributed by atoms with E-state index >= 15 is 0 Å². The van der Waals surface area contributed by atoms with Gasteiger partial charge in [-0.1, -0.05) is 19.3 Å². The number of amides is 2. The third-order valence-corrected chi connectivity index (χ3v) is 3.02. The molecule has 1 fully saturated rings. The quantitative estimate of drug-likeness (QED) is 0.600. The van der Waals surface area contributed by atoms with Crippen LogP contribution in [0.5, 0.6) is 0 Å². The van der Waals surface area contributed by atoms with Gasteiger partial charge >= 0.3 is 0 Å². The van der Waals surface area contributed by atoms with Crippen molar-refractivity contribution in [2.75, 3.05) is 0 Å². The van der Waals surface area contributed by atoms with Crippen molar-refractivity contribution < 1.29 is 9.59 Å². The highest BCUT2D eigenvalue weighted by atomic mass is 16.2. The molecule has 0 aromatic heterocycles. The summed E-state index contributed by atoms with van der Waals surface area (Å²) in [7, 11) is 0. The zero-order valence-corrected chi connectivity index (χ0v) is 8.58. The van der Waals surface area contributed by atoms with Gasteiger partial charge in [0.2, 0.25) is 5.91 Å². The molecule has 5 nitrogen and oxygen atoms in total. The number of rotatable bonds is 1. The van der Waals surface area contributed by atoms with Crippen molar-refractivity contribution in [2.24, 2.45) is 10.7 Å². The summed E-state index contributed by atoms with van der Waals surface area (Å²) in [6.07, 6.45) is 4.64. The number of carbonyl (C=O) groups is 2. The zero-order chi connectivity index (χ0) is 10.9. The fourth-order valence-corrected chi connectivity index (χ4v) is 2.16. The van der Waals surface area contributed by atoms with E-state index in [-0.39, 0.29) is 18.2 Å². The largest absolute Gasteiger partial charge is 0.319 e. The lowest BCUT2D eigenvalue weighted by molar-refractivity contribution is -0.127. The van der Waals surface area contributed by atoms with Gasteiger partial charge in [-0.25, -0.2) is 0 Å². The number of carbonyl (C=O) groups excluding carboxylic acids is 2. The maximum atomic E-state index is 11.2. The lowest BCUT2D eigenvalue weighted by atomic mass is 9.81. The Bertz CT molecular complexity index is 330. The van der Waals surface area contributed by atoms with E-state index in [9.17, 15) is 9.59 Å². The van der Waals surface area contributed by atoms with E-state index in [4.69, 9.17) is 5.73 Å². The predicted octanol–water partition coefficient (Wildman–Crippen LogP) is 0.0930. The first kappa shape index (κ1) is 10.3. The first-order valence-electron chi connectivity index (χ1n) is 5.31. The smallest absolute Gasteiger partial charge is 0.256 e. The maximum absolute atomic E-state index is 11.2. The molecule has 0 aromatic carbocycles. The van der Waals surface area contributed by atoms with Gasteiger partial charge < -0.3 is 11.1 Å². The Morgan fingerprint density at radius 1 is 1.20 bits per heavy atom. The number of nitrogens with zero attached hydrogens (tertiary/aromatic N) is 1. The molecule has 2 amide bonds. The van der Waals surface area contributed by atoms with Crippen LogP contribution < -0.4 is 11.1 Å². The van der Waals surface area contributed by atoms with Crippen molar-refractivity contribution in [3.05, 3.63) is 0 Å². The highest BCUT2D eigenvalue weighted by Gasteiger charge is 2.36. The van der Waals surface area contributed by atoms with Crippen LogP contribution >= 0.6 is 0 Å². The number of nitrogens with one attached hydrogen (secondary N) is 1. The van der Waals surface area contributed by atoms with E-state index in [0.29, 0.717) is 5.84 Å². The Morgan fingerprint density at radius 3 is 2.47 bits per heavy atom. The zero-order valence-electron chi connectivity index (χ0n) is 8.58. The molecule has 1 aliphatic heterocycles. The number of hydrogen-bond acceptors (Lipinski definition) is 3. The second-order valence-corrected chi connectivity index (χ2v) is 4.30. The second-order valence-electron chi connectivity index (χ2n) is 4.30. The van der Waals surface area contributed by atoms with E-state index in [1.807, 2.05) is 0 Å². The minimum atomic E-state index is -0.593. The number of nitrogens with two attached hydrogens (primary N) is 1. The fourth-order valence-electron chi connectivity index (χ4n) is 2.16. The van der Waals surface area contributed by atoms with Crippen molar-refractivity contribution in [1.29, 1.82) is 0 Å². The van der Waals surface area contributed by atoms with Crippen molar-refractivity contribution in [3.63, 3.8) is 0 Å². The van der Waals surface area contributed by atoms with Crippen LogP contribution in [0.15, 0.2) is 4.99 Å². The Kier molecular flexibility index (Phi) is 2.56. The highest BCUT2D eigenvalue weighted by molar-refractivity contribution is 6.16. The van der Waals surface area contributed by atoms with E-state index in [1.54, 1.807) is 0 Å². The van der Waals surface area contributed by atoms with Crippen LogP contribution in [0.25, 0.3) is 0 Å². The molecule has 1 heterocycles. The van der Waals surface area contributed by atoms with Crippen LogP contribution in [-0.2, 0) is 9.59 Å². The molecule has 0 radical (unpaired) electrons. The van der Waals surface area contributed by atoms with Gasteiger partial charge in [-0.3, -0.25) is 9.59 Å². The summed E-state index contributed by atoms with van der Waals surface area (Å²) in [6.45, 7) is 0. The summed E-state index contributed by atoms with van der Waals surface area (Å²) in [4.78, 5) is 26.2. The fraction of sp³-hybridized carbons (Fsp3) is 0.700. The maximum Gasteiger partial charge on any atom is 0.256 e. The Hall–Kier alpha value is -1.23. The van der Waals surface area contributed by atoms with E-state index in [1.165, 1.54) is 0 Å². The topological polar surface area (TPSA) is 84.5 Å². The summed E-state index contributed by atoms with van der Waals surface area (Å²) in [6, 6.07) is 0. The molecule has 1 aliphatic carbocycles. The normalized spacial score (nSPS) is 25.8. The van der Waals surface area contributed by atoms with Crippen molar-refractivity contribution >= 4 is 17.6 Å². The van der Waals surface area contributed by atoms with Gasteiger partial charge in [0, 0.05) is 0 Å². The summed E-state index contributed by atoms with van der Waals surface area (Å²) >= 11 is 0. The van der Waals surface area contributed by atoms with Gasteiger partial charge in [0.05, 0.1) is 5.54 Å². The molecule has 0 saturated heterocycles. The van der Waals surface area contributed by atoms with Crippen molar-refractivity contribution in [1.82, 2.24) is 5.32 Å². The van der Waals surface area contributed by atoms with Crippen LogP contribution in [0.2, 0.25) is 0 Å². The van der Waals surface area contributed by atoms with Gasteiger partial charge in [-0.15, -0.1) is 0 Å². The van der Waals surface area contributed by atoms with E-state index in [2.05, 4.69) is 10.3 Å². The minimum Gasteiger partial charge on any atom is -0.319 e. The standard InChI is InChI=1S/C10H15N3O2/c11-10(4-2-1-3-5-10)9-12-7(14)6-8(15)13-9/h1-6,11H2,(H,12,13,14,15). The van der Waals surface area contributed by atoms with Gasteiger partial charge in [0.15, 0.2) is 0 Å². The van der Waals surface area contributed by atoms with E-state index in [0.717, 1.165) is 32.1 Å². The molecule has 0 bridgehead atoms. The molecule has 1 saturated carbocycles. The molecular weight excluding hydrogens is 194 g/mol. The highest BCUT2D eigenvalue weighted by Crippen LogP contribution is 2.27. The SMILES string of the molecule is NC1(C2=NC(=O)CC(=O)N2)CCCCC1. The van der Waals surface area contributed by atoms with Crippen molar-refractivity contribution in [3.8, 4) is 0 Å². The molecule has 82 valence electrons. The number of amidine groups is 1. The summed E-state index contributed by atoms with van der Waals surface area (Å²) in [5, 5.41) is 2.62. The van der Waals surface area contributed by atoms with Crippen LogP contribution in [0.3, 0.4) is 0 Å². The summed E-state index contributed by atoms with van der Waals surface area (Å²) < 4.78 is 0. The molecule has 0 unspecified atom stereocenters. The van der Waals surface area contributed by atoms with Crippen LogP contribution in [0.1, 0.15) is 38.5 Å². The molecule has 0 aromatic rings. The molecule has 0 spiro atoms. The second kappa shape index (κ2) is 3.73. The lowest BCUT2D eigenvalue weighted by Gasteiger charge is -2.35. The number of aliphatic imine (C=N–C) groups is 1. The molecule has 0 atom stereocenters. The molecular formula is C10H15N3O2. The average Bonchev–Trinajstić information content (AvgIpc) is 2.17. The molecule has 5 heteroatoms. The Balaban J connectivity index is 2.21. The third kappa shape index (κ3) is 2.07. The van der Waals surface area contributed by atoms with Gasteiger partial charge in [-0.2, -0.15) is 4.99 Å². The summed E-state index contributed by atoms with van der Waals surface area (Å²) in [5.74, 6) is -0.298. The summed E-state index contributed by atoms with van der Waals surface area (Å²) in [5.41, 5.74) is 5.57. The first-order chi connectivity index (χ1) is 7.10. The van der Waals surface area contributed by atoms with Crippen LogP contribution in [-0.4, -0.2) is 23.2 Å². The average molecular weight is 209 g/mol. The van der Waals surface area contributed by atoms with Crippen molar-refractivity contribution in [2.45, 2.75) is 44.1 Å². The lowest BCUT2D eigenvalue weighted by Crippen LogP contribution is -2.58. The van der Waals surface area contributed by atoms with Gasteiger partial charge in [-0.05, 0) is 12.8 Å². The number of hydrogen-bond donors (Lipinski definition) is 2.